The fraction of sp³-hybridized carbons (Fsp3) is 0.105. The minimum atomic E-state index is -0.569. The summed E-state index contributed by atoms with van der Waals surface area (Å²) in [5.74, 6) is -1.67. The molecule has 0 saturated carbocycles. The van der Waals surface area contributed by atoms with Crippen molar-refractivity contribution in [2.45, 2.75) is 0 Å². The predicted octanol–water partition coefficient (Wildman–Crippen LogP) is 3.88. The first-order valence-electron chi connectivity index (χ1n) is 7.67. The van der Waals surface area contributed by atoms with Crippen LogP contribution in [-0.2, 0) is 0 Å². The second-order valence-corrected chi connectivity index (χ2v) is 6.77. The summed E-state index contributed by atoms with van der Waals surface area (Å²) >= 11 is 12.1. The van der Waals surface area contributed by atoms with Gasteiger partial charge in [-0.3, -0.25) is 14.4 Å². The van der Waals surface area contributed by atoms with E-state index in [0.29, 0.717) is 5.02 Å². The largest absolute Gasteiger partial charge is 0.382 e. The number of hydrogen-bond acceptors (Lipinski definition) is 4. The monoisotopic (exact) mass is 388 g/mol. The molecule has 0 N–H and O–H groups in total. The van der Waals surface area contributed by atoms with Crippen LogP contribution in [0.2, 0.25) is 10.0 Å². The average molecular weight is 389 g/mol. The van der Waals surface area contributed by atoms with Crippen molar-refractivity contribution in [1.82, 2.24) is 9.80 Å². The van der Waals surface area contributed by atoms with E-state index in [0.717, 1.165) is 4.90 Å². The number of carbonyl (C=O) groups excluding carboxylic acids is 3. The van der Waals surface area contributed by atoms with Gasteiger partial charge in [0.1, 0.15) is 5.70 Å². The van der Waals surface area contributed by atoms with E-state index in [2.05, 4.69) is 0 Å². The van der Waals surface area contributed by atoms with Crippen molar-refractivity contribution in [1.29, 1.82) is 0 Å². The topological polar surface area (TPSA) is 57.7 Å². The van der Waals surface area contributed by atoms with Gasteiger partial charge in [0, 0.05) is 30.9 Å². The Hall–Kier alpha value is -2.63. The molecule has 2 aromatic rings. The molecule has 2 amide bonds. The molecule has 5 nitrogen and oxygen atoms in total. The maximum atomic E-state index is 13.1. The third-order valence-corrected chi connectivity index (χ3v) is 4.39. The molecule has 3 rings (SSSR count). The third-order valence-electron chi connectivity index (χ3n) is 3.82. The molecule has 1 heterocycles. The van der Waals surface area contributed by atoms with Gasteiger partial charge in [-0.1, -0.05) is 35.3 Å². The highest BCUT2D eigenvalue weighted by Crippen LogP contribution is 2.30. The van der Waals surface area contributed by atoms with Gasteiger partial charge >= 0.3 is 0 Å². The highest BCUT2D eigenvalue weighted by Gasteiger charge is 2.40. The number of rotatable bonds is 4. The summed E-state index contributed by atoms with van der Waals surface area (Å²) in [6.07, 6.45) is 1.42. The quantitative estimate of drug-likeness (QED) is 0.453. The first-order valence-corrected chi connectivity index (χ1v) is 8.42. The summed E-state index contributed by atoms with van der Waals surface area (Å²) in [6.45, 7) is 0. The van der Waals surface area contributed by atoms with E-state index in [4.69, 9.17) is 23.2 Å². The molecule has 0 saturated heterocycles. The van der Waals surface area contributed by atoms with Crippen LogP contribution in [0.3, 0.4) is 0 Å². The molecule has 0 fully saturated rings. The van der Waals surface area contributed by atoms with E-state index in [9.17, 15) is 14.4 Å². The molecule has 0 bridgehead atoms. The highest BCUT2D eigenvalue weighted by atomic mass is 35.5. The first-order chi connectivity index (χ1) is 12.3. The zero-order valence-electron chi connectivity index (χ0n) is 14.0. The minimum absolute atomic E-state index is 0.0923. The number of amides is 2. The molecule has 0 unspecified atom stereocenters. The number of Topliss-reactive ketones (excluding diaryl/α,β-unsaturated/α-hetero) is 1. The fourth-order valence-electron chi connectivity index (χ4n) is 2.68. The fourth-order valence-corrected chi connectivity index (χ4v) is 3.06. The van der Waals surface area contributed by atoms with Crippen molar-refractivity contribution >= 4 is 40.8 Å². The van der Waals surface area contributed by atoms with Crippen LogP contribution < -0.4 is 0 Å². The number of carbonyl (C=O) groups is 3. The minimum Gasteiger partial charge on any atom is -0.382 e. The predicted molar refractivity (Wildman–Crippen MR) is 99.5 cm³/mol. The van der Waals surface area contributed by atoms with Gasteiger partial charge in [0.25, 0.3) is 11.8 Å². The first kappa shape index (κ1) is 18.2. The van der Waals surface area contributed by atoms with Crippen molar-refractivity contribution < 1.29 is 14.4 Å². The van der Waals surface area contributed by atoms with Crippen LogP contribution in [-0.4, -0.2) is 41.5 Å². The van der Waals surface area contributed by atoms with Crippen molar-refractivity contribution in [3.63, 3.8) is 0 Å². The Morgan fingerprint density at radius 1 is 1.00 bits per heavy atom. The van der Waals surface area contributed by atoms with Crippen molar-refractivity contribution in [2.75, 3.05) is 14.1 Å². The summed E-state index contributed by atoms with van der Waals surface area (Å²) in [6, 6.07) is 10.9. The van der Waals surface area contributed by atoms with Crippen LogP contribution in [0.25, 0.3) is 0 Å². The summed E-state index contributed by atoms with van der Waals surface area (Å²) in [5, 5.41) is 0.505. The third kappa shape index (κ3) is 3.11. The normalized spacial score (nSPS) is 13.8. The summed E-state index contributed by atoms with van der Waals surface area (Å²) < 4.78 is 0. The van der Waals surface area contributed by atoms with E-state index in [1.807, 2.05) is 0 Å². The van der Waals surface area contributed by atoms with Gasteiger partial charge in [-0.2, -0.15) is 0 Å². The van der Waals surface area contributed by atoms with Gasteiger partial charge in [-0.15, -0.1) is 0 Å². The summed E-state index contributed by atoms with van der Waals surface area (Å²) in [7, 11) is 3.37. The van der Waals surface area contributed by atoms with E-state index < -0.39 is 17.6 Å². The number of benzene rings is 2. The molecular formula is C19H14Cl2N2O3. The number of ketones is 1. The lowest BCUT2D eigenvalue weighted by atomic mass is 10.1. The van der Waals surface area contributed by atoms with Crippen LogP contribution in [0.15, 0.2) is 54.4 Å². The van der Waals surface area contributed by atoms with Crippen LogP contribution in [0.4, 0.5) is 0 Å². The van der Waals surface area contributed by atoms with Crippen molar-refractivity contribution in [3.05, 3.63) is 81.1 Å². The Balaban J connectivity index is 2.12. The Kier molecular flexibility index (Phi) is 4.85. The second kappa shape index (κ2) is 6.94. The van der Waals surface area contributed by atoms with E-state index in [1.165, 1.54) is 18.3 Å². The standard InChI is InChI=1S/C19H14Cl2N2O3/c1-22(2)10-16(17(24)14-9-11(20)7-8-15(14)21)23-18(25)12-5-3-4-6-13(12)19(23)26/h3-10H,1-2H3/b16-10+. The number of fused-ring (bicyclic) bond motifs is 1. The van der Waals surface area contributed by atoms with Crippen LogP contribution >= 0.6 is 23.2 Å². The van der Waals surface area contributed by atoms with Crippen molar-refractivity contribution in [2.24, 2.45) is 0 Å². The maximum absolute atomic E-state index is 13.1. The van der Waals surface area contributed by atoms with Crippen molar-refractivity contribution in [3.8, 4) is 0 Å². The second-order valence-electron chi connectivity index (χ2n) is 5.92. The lowest BCUT2D eigenvalue weighted by Crippen LogP contribution is -2.34. The number of imide groups is 1. The zero-order chi connectivity index (χ0) is 19.0. The smallest absolute Gasteiger partial charge is 0.266 e. The number of allylic oxidation sites excluding steroid dienone is 1. The molecule has 7 heteroatoms. The van der Waals surface area contributed by atoms with Gasteiger partial charge in [0.05, 0.1) is 16.1 Å². The molecule has 26 heavy (non-hydrogen) atoms. The molecule has 2 aromatic carbocycles. The Labute approximate surface area is 160 Å². The summed E-state index contributed by atoms with van der Waals surface area (Å²) in [5.41, 5.74) is 0.536. The highest BCUT2D eigenvalue weighted by molar-refractivity contribution is 6.37. The SMILES string of the molecule is CN(C)/C=C(\C(=O)c1cc(Cl)ccc1Cl)N1C(=O)c2ccccc2C1=O. The number of hydrogen-bond donors (Lipinski definition) is 0. The molecule has 0 aliphatic carbocycles. The number of nitrogens with zero attached hydrogens (tertiary/aromatic N) is 2. The van der Waals surface area contributed by atoms with Crippen LogP contribution in [0.1, 0.15) is 31.1 Å². The maximum Gasteiger partial charge on any atom is 0.266 e. The van der Waals surface area contributed by atoms with Gasteiger partial charge < -0.3 is 4.90 Å². The molecule has 1 aliphatic rings. The van der Waals surface area contributed by atoms with Gasteiger partial charge in [-0.05, 0) is 30.3 Å². The van der Waals surface area contributed by atoms with E-state index in [-0.39, 0.29) is 27.4 Å². The zero-order valence-corrected chi connectivity index (χ0v) is 15.5. The molecule has 0 spiro atoms. The molecule has 1 aliphatic heterocycles. The van der Waals surface area contributed by atoms with E-state index in [1.54, 1.807) is 49.3 Å². The average Bonchev–Trinajstić information content (AvgIpc) is 2.86. The number of halogens is 2. The Bertz CT molecular complexity index is 932. The van der Waals surface area contributed by atoms with Crippen LogP contribution in [0.5, 0.6) is 0 Å². The lowest BCUT2D eigenvalue weighted by molar-refractivity contribution is 0.0675. The van der Waals surface area contributed by atoms with Gasteiger partial charge in [-0.25, -0.2) is 4.90 Å². The molecule has 132 valence electrons. The Morgan fingerprint density at radius 3 is 2.12 bits per heavy atom. The molecule has 0 atom stereocenters. The lowest BCUT2D eigenvalue weighted by Gasteiger charge is -2.20. The van der Waals surface area contributed by atoms with Gasteiger partial charge in [0.15, 0.2) is 0 Å². The van der Waals surface area contributed by atoms with Crippen LogP contribution in [0, 0.1) is 0 Å². The van der Waals surface area contributed by atoms with Gasteiger partial charge in [0.2, 0.25) is 5.78 Å². The molecular weight excluding hydrogens is 375 g/mol. The molecule has 0 radical (unpaired) electrons. The summed E-state index contributed by atoms with van der Waals surface area (Å²) in [4.78, 5) is 41.1. The van der Waals surface area contributed by atoms with E-state index >= 15 is 0 Å². The molecule has 0 aromatic heterocycles. The Morgan fingerprint density at radius 2 is 1.58 bits per heavy atom.